The summed E-state index contributed by atoms with van der Waals surface area (Å²) in [7, 11) is 2.04. The minimum absolute atomic E-state index is 0.616. The molecule has 4 rings (SSSR count). The highest BCUT2D eigenvalue weighted by Crippen LogP contribution is 2.34. The second kappa shape index (κ2) is 6.22. The van der Waals surface area contributed by atoms with Crippen LogP contribution in [-0.2, 0) is 0 Å². The van der Waals surface area contributed by atoms with E-state index in [0.29, 0.717) is 6.04 Å². The molecule has 0 aliphatic carbocycles. The van der Waals surface area contributed by atoms with Crippen molar-refractivity contribution < 1.29 is 0 Å². The lowest BCUT2D eigenvalue weighted by molar-refractivity contribution is 0.441. The maximum absolute atomic E-state index is 4.65. The molecule has 3 aromatic rings. The van der Waals surface area contributed by atoms with Crippen LogP contribution in [-0.4, -0.2) is 40.5 Å². The molecule has 1 aromatic carbocycles. The van der Waals surface area contributed by atoms with Crippen LogP contribution in [0.3, 0.4) is 0 Å². The van der Waals surface area contributed by atoms with Gasteiger partial charge in [-0.1, -0.05) is 30.3 Å². The first-order valence-electron chi connectivity index (χ1n) is 7.95. The molecule has 0 spiro atoms. The van der Waals surface area contributed by atoms with Crippen LogP contribution in [0.2, 0.25) is 0 Å². The number of piperidine rings is 1. The van der Waals surface area contributed by atoms with E-state index in [9.17, 15) is 0 Å². The summed E-state index contributed by atoms with van der Waals surface area (Å²) < 4.78 is 5.74. The van der Waals surface area contributed by atoms with Crippen LogP contribution in [0.15, 0.2) is 36.7 Å². The van der Waals surface area contributed by atoms with Crippen molar-refractivity contribution in [1.29, 1.82) is 0 Å². The summed E-state index contributed by atoms with van der Waals surface area (Å²) >= 11 is 1.50. The summed E-state index contributed by atoms with van der Waals surface area (Å²) in [6, 6.07) is 10.9. The highest BCUT2D eigenvalue weighted by molar-refractivity contribution is 7.14. The Labute approximate surface area is 139 Å². The predicted molar refractivity (Wildman–Crippen MR) is 94.9 cm³/mol. The maximum atomic E-state index is 4.65. The van der Waals surface area contributed by atoms with E-state index >= 15 is 0 Å². The summed E-state index contributed by atoms with van der Waals surface area (Å²) in [5.74, 6) is 1.03. The van der Waals surface area contributed by atoms with Crippen LogP contribution in [0.1, 0.15) is 12.8 Å². The smallest absolute Gasteiger partial charge is 0.151 e. The molecule has 1 aliphatic rings. The standard InChI is InChI=1S/C17H19N5S/c1-18-13-7-9-22(10-8-13)17-16-15(19-11-20-17)14(21-23-16)12-5-3-2-4-6-12/h2-6,11,13,18H,7-10H2,1H3. The number of nitrogens with zero attached hydrogens (tertiary/aromatic N) is 4. The minimum atomic E-state index is 0.616. The fourth-order valence-corrected chi connectivity index (χ4v) is 4.02. The molecule has 5 nitrogen and oxygen atoms in total. The third kappa shape index (κ3) is 2.68. The molecule has 6 heteroatoms. The number of nitrogens with one attached hydrogen (secondary N) is 1. The van der Waals surface area contributed by atoms with Gasteiger partial charge in [-0.05, 0) is 31.4 Å². The van der Waals surface area contributed by atoms with Crippen LogP contribution in [0.5, 0.6) is 0 Å². The summed E-state index contributed by atoms with van der Waals surface area (Å²) in [6.45, 7) is 2.05. The number of anilines is 1. The number of rotatable bonds is 3. The SMILES string of the molecule is CNC1CCN(c2ncnc3c(-c4ccccc4)nsc23)CC1. The zero-order chi connectivity index (χ0) is 15.6. The Kier molecular flexibility index (Phi) is 3.93. The van der Waals surface area contributed by atoms with Crippen molar-refractivity contribution in [1.82, 2.24) is 19.7 Å². The Bertz CT molecular complexity index is 793. The van der Waals surface area contributed by atoms with E-state index < -0.39 is 0 Å². The number of aromatic nitrogens is 3. The zero-order valence-electron chi connectivity index (χ0n) is 13.1. The van der Waals surface area contributed by atoms with Crippen molar-refractivity contribution in [3.05, 3.63) is 36.7 Å². The van der Waals surface area contributed by atoms with E-state index in [2.05, 4.69) is 36.7 Å². The van der Waals surface area contributed by atoms with E-state index in [4.69, 9.17) is 0 Å². The number of hydrogen-bond donors (Lipinski definition) is 1. The summed E-state index contributed by atoms with van der Waals surface area (Å²) in [5.41, 5.74) is 3.03. The predicted octanol–water partition coefficient (Wildman–Crippen LogP) is 2.94. The Balaban J connectivity index is 1.71. The van der Waals surface area contributed by atoms with E-state index in [1.807, 2.05) is 25.2 Å². The Morgan fingerprint density at radius 1 is 1.13 bits per heavy atom. The van der Waals surface area contributed by atoms with Crippen molar-refractivity contribution in [2.24, 2.45) is 0 Å². The first-order chi connectivity index (χ1) is 11.4. The van der Waals surface area contributed by atoms with Crippen molar-refractivity contribution >= 4 is 27.6 Å². The van der Waals surface area contributed by atoms with Gasteiger partial charge in [0.25, 0.3) is 0 Å². The van der Waals surface area contributed by atoms with Crippen LogP contribution in [0.4, 0.5) is 5.82 Å². The Hall–Kier alpha value is -2.05. The molecule has 0 unspecified atom stereocenters. The van der Waals surface area contributed by atoms with Gasteiger partial charge >= 0.3 is 0 Å². The summed E-state index contributed by atoms with van der Waals surface area (Å²) in [5, 5.41) is 3.37. The van der Waals surface area contributed by atoms with Crippen LogP contribution in [0, 0.1) is 0 Å². The first kappa shape index (κ1) is 14.5. The lowest BCUT2D eigenvalue weighted by Gasteiger charge is -2.32. The van der Waals surface area contributed by atoms with Gasteiger partial charge in [0.1, 0.15) is 22.2 Å². The quantitative estimate of drug-likeness (QED) is 0.802. The third-order valence-corrected chi connectivity index (χ3v) is 5.32. The lowest BCUT2D eigenvalue weighted by atomic mass is 10.1. The van der Waals surface area contributed by atoms with Crippen molar-refractivity contribution in [3.63, 3.8) is 0 Å². The van der Waals surface area contributed by atoms with Gasteiger partial charge in [-0.3, -0.25) is 0 Å². The largest absolute Gasteiger partial charge is 0.355 e. The van der Waals surface area contributed by atoms with Crippen LogP contribution < -0.4 is 10.2 Å². The Morgan fingerprint density at radius 2 is 1.91 bits per heavy atom. The van der Waals surface area contributed by atoms with Gasteiger partial charge in [-0.25, -0.2) is 9.97 Å². The molecule has 0 saturated carbocycles. The third-order valence-electron chi connectivity index (χ3n) is 4.49. The maximum Gasteiger partial charge on any atom is 0.151 e. The fraction of sp³-hybridized carbons (Fsp3) is 0.353. The molecular weight excluding hydrogens is 306 g/mol. The van der Waals surface area contributed by atoms with Gasteiger partial charge in [-0.15, -0.1) is 0 Å². The average molecular weight is 325 g/mol. The fourth-order valence-electron chi connectivity index (χ4n) is 3.14. The first-order valence-corrected chi connectivity index (χ1v) is 8.72. The van der Waals surface area contributed by atoms with Gasteiger partial charge in [0.2, 0.25) is 0 Å². The highest BCUT2D eigenvalue weighted by Gasteiger charge is 2.22. The number of benzene rings is 1. The molecule has 1 N–H and O–H groups in total. The molecule has 0 atom stereocenters. The second-order valence-corrected chi connectivity index (χ2v) is 6.60. The molecule has 0 radical (unpaired) electrons. The van der Waals surface area contributed by atoms with Gasteiger partial charge in [0.15, 0.2) is 5.82 Å². The second-order valence-electron chi connectivity index (χ2n) is 5.82. The summed E-state index contributed by atoms with van der Waals surface area (Å²) in [6.07, 6.45) is 3.96. The molecule has 1 aliphatic heterocycles. The number of fused-ring (bicyclic) bond motifs is 1. The van der Waals surface area contributed by atoms with E-state index in [-0.39, 0.29) is 0 Å². The average Bonchev–Trinajstić information content (AvgIpc) is 3.07. The van der Waals surface area contributed by atoms with E-state index in [1.54, 1.807) is 6.33 Å². The van der Waals surface area contributed by atoms with Crippen molar-refractivity contribution in [3.8, 4) is 11.3 Å². The molecule has 23 heavy (non-hydrogen) atoms. The van der Waals surface area contributed by atoms with E-state index in [0.717, 1.165) is 53.2 Å². The summed E-state index contributed by atoms with van der Waals surface area (Å²) in [4.78, 5) is 11.4. The number of hydrogen-bond acceptors (Lipinski definition) is 6. The van der Waals surface area contributed by atoms with Gasteiger partial charge in [0.05, 0.1) is 0 Å². The normalized spacial score (nSPS) is 16.1. The molecule has 1 saturated heterocycles. The molecular formula is C17H19N5S. The highest BCUT2D eigenvalue weighted by atomic mass is 32.1. The van der Waals surface area contributed by atoms with Gasteiger partial charge < -0.3 is 10.2 Å². The molecule has 1 fully saturated rings. The van der Waals surface area contributed by atoms with Gasteiger partial charge in [-0.2, -0.15) is 4.37 Å². The van der Waals surface area contributed by atoms with Gasteiger partial charge in [0, 0.05) is 24.7 Å². The monoisotopic (exact) mass is 325 g/mol. The van der Waals surface area contributed by atoms with Crippen molar-refractivity contribution in [2.75, 3.05) is 25.0 Å². The lowest BCUT2D eigenvalue weighted by Crippen LogP contribution is -2.41. The molecule has 118 valence electrons. The molecule has 2 aromatic heterocycles. The van der Waals surface area contributed by atoms with Crippen molar-refractivity contribution in [2.45, 2.75) is 18.9 Å². The zero-order valence-corrected chi connectivity index (χ0v) is 13.9. The molecule has 0 bridgehead atoms. The Morgan fingerprint density at radius 3 is 2.65 bits per heavy atom. The molecule has 0 amide bonds. The minimum Gasteiger partial charge on any atom is -0.355 e. The topological polar surface area (TPSA) is 53.9 Å². The van der Waals surface area contributed by atoms with Crippen LogP contribution in [0.25, 0.3) is 21.5 Å². The van der Waals surface area contributed by atoms with Crippen LogP contribution >= 0.6 is 11.5 Å². The molecule has 3 heterocycles. The van der Waals surface area contributed by atoms with E-state index in [1.165, 1.54) is 11.5 Å².